The van der Waals surface area contributed by atoms with Crippen LogP contribution >= 0.6 is 23.1 Å². The molecule has 4 aromatic rings. The van der Waals surface area contributed by atoms with Crippen molar-refractivity contribution >= 4 is 63.7 Å². The standard InChI is InChI=1S/C40H41N5O6S2/c1-6-33(37(48)44-38-31(23-41)30-19-20-45(24-34(30)53-38)39(49)51-40(2,3)4)52-29-14-10-13-27(22-29)42-36(47)32(21-25-15-17-28(50-5)18-16-25)43-35(46)26-11-8-7-9-12-26/h7-18,21-22,33H,6,19-20,24H2,1-5H3,(H,42,47)(H,43,46)(H,44,48)/b32-21+. The number of carbonyl (C=O) groups excluding carboxylic acids is 4. The number of amides is 4. The zero-order valence-electron chi connectivity index (χ0n) is 30.1. The third kappa shape index (κ3) is 10.3. The number of hydrogen-bond donors (Lipinski definition) is 3. The number of benzene rings is 3. The first-order valence-electron chi connectivity index (χ1n) is 17.0. The van der Waals surface area contributed by atoms with Gasteiger partial charge in [0.15, 0.2) is 0 Å². The molecule has 11 nitrogen and oxygen atoms in total. The molecule has 1 aliphatic heterocycles. The van der Waals surface area contributed by atoms with Gasteiger partial charge in [0.05, 0.1) is 24.5 Å². The van der Waals surface area contributed by atoms with Crippen molar-refractivity contribution in [3.63, 3.8) is 0 Å². The zero-order valence-corrected chi connectivity index (χ0v) is 31.8. The summed E-state index contributed by atoms with van der Waals surface area (Å²) in [6, 6.07) is 25.0. The Balaban J connectivity index is 1.28. The molecular formula is C40H41N5O6S2. The second-order valence-corrected chi connectivity index (χ2v) is 15.5. The lowest BCUT2D eigenvalue weighted by Gasteiger charge is -2.29. The highest BCUT2D eigenvalue weighted by atomic mass is 32.2. The second kappa shape index (κ2) is 17.3. The van der Waals surface area contributed by atoms with Gasteiger partial charge in [0.25, 0.3) is 11.8 Å². The van der Waals surface area contributed by atoms with Gasteiger partial charge in [-0.1, -0.05) is 43.3 Å². The minimum Gasteiger partial charge on any atom is -0.497 e. The van der Waals surface area contributed by atoms with Gasteiger partial charge in [-0.3, -0.25) is 14.4 Å². The Morgan fingerprint density at radius 3 is 2.42 bits per heavy atom. The van der Waals surface area contributed by atoms with Crippen LogP contribution < -0.4 is 20.7 Å². The van der Waals surface area contributed by atoms with Crippen LogP contribution in [0, 0.1) is 11.3 Å². The summed E-state index contributed by atoms with van der Waals surface area (Å²) in [5.74, 6) is -0.582. The number of thiophene rings is 1. The number of methoxy groups -OCH3 is 1. The lowest BCUT2D eigenvalue weighted by molar-refractivity contribution is -0.116. The van der Waals surface area contributed by atoms with E-state index in [2.05, 4.69) is 22.0 Å². The smallest absolute Gasteiger partial charge is 0.410 e. The number of anilines is 2. The molecule has 0 saturated carbocycles. The van der Waals surface area contributed by atoms with E-state index < -0.39 is 28.8 Å². The Kier molecular flexibility index (Phi) is 12.6. The molecule has 0 spiro atoms. The molecule has 13 heteroatoms. The monoisotopic (exact) mass is 751 g/mol. The van der Waals surface area contributed by atoms with Gasteiger partial charge in [0.2, 0.25) is 5.91 Å². The van der Waals surface area contributed by atoms with Crippen LogP contribution in [0.25, 0.3) is 6.08 Å². The largest absolute Gasteiger partial charge is 0.497 e. The van der Waals surface area contributed by atoms with Crippen molar-refractivity contribution < 1.29 is 28.7 Å². The Hall–Kier alpha value is -5.58. The maximum absolute atomic E-state index is 13.6. The average molecular weight is 752 g/mol. The molecule has 0 saturated heterocycles. The first kappa shape index (κ1) is 38.6. The van der Waals surface area contributed by atoms with Gasteiger partial charge in [-0.2, -0.15) is 5.26 Å². The minimum atomic E-state index is -0.625. The number of hydrogen-bond acceptors (Lipinski definition) is 9. The summed E-state index contributed by atoms with van der Waals surface area (Å²) in [7, 11) is 1.56. The molecule has 1 aliphatic rings. The van der Waals surface area contributed by atoms with Crippen molar-refractivity contribution in [3.8, 4) is 11.8 Å². The normalized spacial score (nSPS) is 13.2. The third-order valence-corrected chi connectivity index (χ3v) is 10.5. The fraction of sp³-hybridized carbons (Fsp3) is 0.275. The van der Waals surface area contributed by atoms with E-state index in [4.69, 9.17) is 9.47 Å². The van der Waals surface area contributed by atoms with Gasteiger partial charge in [-0.05, 0) is 93.3 Å². The summed E-state index contributed by atoms with van der Waals surface area (Å²) >= 11 is 2.63. The molecule has 3 aromatic carbocycles. The van der Waals surface area contributed by atoms with Crippen LogP contribution in [-0.4, -0.2) is 53.2 Å². The van der Waals surface area contributed by atoms with Gasteiger partial charge < -0.3 is 30.3 Å². The molecule has 3 N–H and O–H groups in total. The lowest BCUT2D eigenvalue weighted by Crippen LogP contribution is -2.39. The molecule has 53 heavy (non-hydrogen) atoms. The van der Waals surface area contributed by atoms with Crippen LogP contribution in [0.2, 0.25) is 0 Å². The Bertz CT molecular complexity index is 2050. The van der Waals surface area contributed by atoms with E-state index in [0.717, 1.165) is 15.3 Å². The van der Waals surface area contributed by atoms with Gasteiger partial charge in [0.1, 0.15) is 28.1 Å². The fourth-order valence-electron chi connectivity index (χ4n) is 5.43. The van der Waals surface area contributed by atoms with Crippen molar-refractivity contribution in [1.29, 1.82) is 5.26 Å². The highest BCUT2D eigenvalue weighted by Crippen LogP contribution is 2.38. The molecule has 0 aliphatic carbocycles. The van der Waals surface area contributed by atoms with E-state index in [0.29, 0.717) is 59.1 Å². The maximum Gasteiger partial charge on any atom is 0.410 e. The number of carbonyl (C=O) groups is 4. The highest BCUT2D eigenvalue weighted by molar-refractivity contribution is 8.00. The summed E-state index contributed by atoms with van der Waals surface area (Å²) in [6.07, 6.45) is 2.15. The van der Waals surface area contributed by atoms with Gasteiger partial charge >= 0.3 is 6.09 Å². The molecule has 0 radical (unpaired) electrons. The summed E-state index contributed by atoms with van der Waals surface area (Å²) in [6.45, 7) is 8.06. The van der Waals surface area contributed by atoms with E-state index >= 15 is 0 Å². The molecule has 0 bridgehead atoms. The average Bonchev–Trinajstić information content (AvgIpc) is 3.49. The summed E-state index contributed by atoms with van der Waals surface area (Å²) < 4.78 is 10.8. The molecule has 0 fully saturated rings. The molecule has 1 aromatic heterocycles. The Morgan fingerprint density at radius 2 is 1.75 bits per heavy atom. The van der Waals surface area contributed by atoms with Crippen LogP contribution in [0.5, 0.6) is 5.75 Å². The topological polar surface area (TPSA) is 150 Å². The van der Waals surface area contributed by atoms with E-state index in [1.54, 1.807) is 90.9 Å². The predicted molar refractivity (Wildman–Crippen MR) is 208 cm³/mol. The van der Waals surface area contributed by atoms with Gasteiger partial charge in [-0.15, -0.1) is 23.1 Å². The maximum atomic E-state index is 13.6. The summed E-state index contributed by atoms with van der Waals surface area (Å²) in [4.78, 5) is 56.2. The number of ether oxygens (including phenoxy) is 2. The van der Waals surface area contributed by atoms with Crippen LogP contribution in [0.4, 0.5) is 15.5 Å². The number of nitriles is 1. The summed E-state index contributed by atoms with van der Waals surface area (Å²) in [5, 5.41) is 18.6. The SMILES string of the molecule is CCC(Sc1cccc(NC(=O)/C(=C\c2ccc(OC)cc2)NC(=O)c2ccccc2)c1)C(=O)Nc1sc2c(c1C#N)CCN(C(=O)OC(C)(C)C)C2. The zero-order chi connectivity index (χ0) is 38.1. The fourth-order valence-corrected chi connectivity index (χ4v) is 7.66. The predicted octanol–water partition coefficient (Wildman–Crippen LogP) is 7.84. The first-order valence-corrected chi connectivity index (χ1v) is 18.7. The molecule has 5 rings (SSSR count). The van der Waals surface area contributed by atoms with Crippen molar-refractivity contribution in [3.05, 3.63) is 112 Å². The van der Waals surface area contributed by atoms with Crippen LogP contribution in [0.1, 0.15) is 66.0 Å². The number of nitrogens with zero attached hydrogens (tertiary/aromatic N) is 2. The number of thioether (sulfide) groups is 1. The van der Waals surface area contributed by atoms with Gasteiger partial charge in [0, 0.05) is 27.6 Å². The highest BCUT2D eigenvalue weighted by Gasteiger charge is 2.31. The number of rotatable bonds is 11. The van der Waals surface area contributed by atoms with Gasteiger partial charge in [-0.25, -0.2) is 4.79 Å². The first-order chi connectivity index (χ1) is 25.4. The third-order valence-electron chi connectivity index (χ3n) is 8.05. The van der Waals surface area contributed by atoms with E-state index in [1.165, 1.54) is 23.1 Å². The molecule has 1 atom stereocenters. The van der Waals surface area contributed by atoms with Crippen LogP contribution in [-0.2, 0) is 27.3 Å². The molecule has 1 unspecified atom stereocenters. The lowest BCUT2D eigenvalue weighted by atomic mass is 10.0. The van der Waals surface area contributed by atoms with Crippen molar-refractivity contribution in [2.45, 2.75) is 62.8 Å². The second-order valence-electron chi connectivity index (χ2n) is 13.1. The van der Waals surface area contributed by atoms with Crippen LogP contribution in [0.15, 0.2) is 89.5 Å². The molecule has 2 heterocycles. The Labute approximate surface area is 317 Å². The quantitative estimate of drug-likeness (QED) is 0.104. The minimum absolute atomic E-state index is 0.0362. The summed E-state index contributed by atoms with van der Waals surface area (Å²) in [5.41, 5.74) is 2.22. The van der Waals surface area contributed by atoms with Crippen molar-refractivity contribution in [2.24, 2.45) is 0 Å². The Morgan fingerprint density at radius 1 is 1.02 bits per heavy atom. The number of fused-ring (bicyclic) bond motifs is 1. The number of nitrogens with one attached hydrogen (secondary N) is 3. The van der Waals surface area contributed by atoms with E-state index in [1.807, 2.05) is 33.8 Å². The van der Waals surface area contributed by atoms with Crippen molar-refractivity contribution in [2.75, 3.05) is 24.3 Å². The molecule has 4 amide bonds. The van der Waals surface area contributed by atoms with E-state index in [9.17, 15) is 24.4 Å². The molecule has 274 valence electrons. The van der Waals surface area contributed by atoms with E-state index in [-0.39, 0.29) is 11.6 Å². The van der Waals surface area contributed by atoms with Crippen molar-refractivity contribution in [1.82, 2.24) is 10.2 Å². The molecular weight excluding hydrogens is 711 g/mol. The van der Waals surface area contributed by atoms with Crippen LogP contribution in [0.3, 0.4) is 0 Å².